The molecule has 2 rings (SSSR count). The highest BCUT2D eigenvalue weighted by Crippen LogP contribution is 2.29. The summed E-state index contributed by atoms with van der Waals surface area (Å²) < 4.78 is 50.0. The number of aliphatic hydroxyl groups is 1. The minimum absolute atomic E-state index is 0.365. The molecule has 2 unspecified atom stereocenters. The molecule has 2 atom stereocenters. The van der Waals surface area contributed by atoms with Gasteiger partial charge in [-0.1, -0.05) is 18.2 Å². The number of sulfone groups is 1. The van der Waals surface area contributed by atoms with Crippen LogP contribution in [0.2, 0.25) is 0 Å². The third-order valence-electron chi connectivity index (χ3n) is 2.87. The maximum atomic E-state index is 12.1. The van der Waals surface area contributed by atoms with Crippen LogP contribution in [0.1, 0.15) is 19.3 Å². The van der Waals surface area contributed by atoms with Gasteiger partial charge in [0.05, 0.1) is 22.5 Å². The van der Waals surface area contributed by atoms with Crippen LogP contribution in [0.5, 0.6) is 0 Å². The summed E-state index contributed by atoms with van der Waals surface area (Å²) in [6, 6.07) is 8.46. The molecule has 6 nitrogen and oxygen atoms in total. The Labute approximate surface area is 119 Å². The van der Waals surface area contributed by atoms with Gasteiger partial charge in [-0.15, -0.1) is 0 Å². The van der Waals surface area contributed by atoms with Crippen LogP contribution in [-0.2, 0) is 20.0 Å². The normalized spacial score (nSPS) is 22.9. The molecule has 1 saturated carbocycles. The van der Waals surface area contributed by atoms with E-state index in [1.165, 1.54) is 0 Å². The van der Waals surface area contributed by atoms with E-state index >= 15 is 0 Å². The van der Waals surface area contributed by atoms with Crippen molar-refractivity contribution in [3.63, 3.8) is 0 Å². The largest absolute Gasteiger partial charge is 0.393 e. The molecule has 1 aromatic rings. The third-order valence-corrected chi connectivity index (χ3v) is 5.10. The lowest BCUT2D eigenvalue weighted by molar-refractivity contribution is 0.183. The molecule has 0 amide bonds. The average molecular weight is 322 g/mol. The van der Waals surface area contributed by atoms with E-state index in [-0.39, 0.29) is 0 Å². The number of rotatable bonds is 2. The quantitative estimate of drug-likeness (QED) is 0.782. The predicted molar refractivity (Wildman–Crippen MR) is 74.7 cm³/mol. The van der Waals surface area contributed by atoms with Gasteiger partial charge in [0.2, 0.25) is 0 Å². The summed E-state index contributed by atoms with van der Waals surface area (Å²) in [5, 5.41) is 8.94. The van der Waals surface area contributed by atoms with E-state index in [1.807, 2.05) is 0 Å². The van der Waals surface area contributed by atoms with E-state index in [0.717, 1.165) is 0 Å². The van der Waals surface area contributed by atoms with E-state index in [9.17, 15) is 21.9 Å². The molecule has 0 heterocycles. The van der Waals surface area contributed by atoms with Gasteiger partial charge in [0.1, 0.15) is 0 Å². The standard InChI is InChI=1S/C11H14O3S.CH4O3S/c12-9-6-7-11(8-9)15(13,14)10-4-2-1-3-5-10;1-5(2,3)4/h1-5,9,11-12H,6-8H2;1H3,(H,2,3,4). The fourth-order valence-electron chi connectivity index (χ4n) is 2.00. The van der Waals surface area contributed by atoms with Gasteiger partial charge in [-0.25, -0.2) is 8.42 Å². The molecular weight excluding hydrogens is 304 g/mol. The first-order chi connectivity index (χ1) is 9.10. The molecule has 8 heteroatoms. The van der Waals surface area contributed by atoms with Gasteiger partial charge >= 0.3 is 0 Å². The summed E-state index contributed by atoms with van der Waals surface area (Å²) in [6.07, 6.45) is 1.80. The Bertz CT molecular complexity index is 613. The predicted octanol–water partition coefficient (Wildman–Crippen LogP) is 0.878. The van der Waals surface area contributed by atoms with Crippen LogP contribution < -0.4 is 0 Å². The molecule has 1 fully saturated rings. The Morgan fingerprint density at radius 2 is 1.55 bits per heavy atom. The van der Waals surface area contributed by atoms with Crippen LogP contribution in [0.15, 0.2) is 35.2 Å². The van der Waals surface area contributed by atoms with Gasteiger partial charge in [0, 0.05) is 0 Å². The number of benzene rings is 1. The maximum absolute atomic E-state index is 12.1. The summed E-state index contributed by atoms with van der Waals surface area (Å²) in [4.78, 5) is 0.365. The Kier molecular flexibility index (Phi) is 5.69. The lowest BCUT2D eigenvalue weighted by Gasteiger charge is -2.10. The SMILES string of the molecule is CS(=O)(=O)O.O=S(=O)(c1ccccc1)C1CCC(O)C1. The zero-order valence-corrected chi connectivity index (χ0v) is 12.6. The first-order valence-corrected chi connectivity index (χ1v) is 9.39. The van der Waals surface area contributed by atoms with Crippen LogP contribution in [0.4, 0.5) is 0 Å². The second-order valence-electron chi connectivity index (χ2n) is 4.68. The molecule has 114 valence electrons. The first kappa shape index (κ1) is 17.1. The van der Waals surface area contributed by atoms with E-state index < -0.39 is 31.3 Å². The molecule has 2 N–H and O–H groups in total. The summed E-state index contributed by atoms with van der Waals surface area (Å²) >= 11 is 0. The molecule has 20 heavy (non-hydrogen) atoms. The zero-order valence-electron chi connectivity index (χ0n) is 11.0. The van der Waals surface area contributed by atoms with Crippen molar-refractivity contribution in [1.82, 2.24) is 0 Å². The van der Waals surface area contributed by atoms with Crippen molar-refractivity contribution in [3.05, 3.63) is 30.3 Å². The highest BCUT2D eigenvalue weighted by Gasteiger charge is 2.34. The van der Waals surface area contributed by atoms with Crippen LogP contribution in [0.3, 0.4) is 0 Å². The van der Waals surface area contributed by atoms with Gasteiger partial charge in [0.25, 0.3) is 10.1 Å². The topological polar surface area (TPSA) is 109 Å². The average Bonchev–Trinajstić information content (AvgIpc) is 2.76. The van der Waals surface area contributed by atoms with Crippen molar-refractivity contribution in [1.29, 1.82) is 0 Å². The van der Waals surface area contributed by atoms with Crippen molar-refractivity contribution in [2.24, 2.45) is 0 Å². The van der Waals surface area contributed by atoms with Crippen LogP contribution in [0, 0.1) is 0 Å². The van der Waals surface area contributed by atoms with E-state index in [1.54, 1.807) is 30.3 Å². The maximum Gasteiger partial charge on any atom is 0.261 e. The molecule has 1 aliphatic rings. The highest BCUT2D eigenvalue weighted by molar-refractivity contribution is 7.92. The molecule has 0 radical (unpaired) electrons. The molecule has 1 aliphatic carbocycles. The Morgan fingerprint density at radius 1 is 1.05 bits per heavy atom. The summed E-state index contributed by atoms with van der Waals surface area (Å²) in [6.45, 7) is 0. The summed E-state index contributed by atoms with van der Waals surface area (Å²) in [5.74, 6) is 0. The van der Waals surface area contributed by atoms with Crippen LogP contribution in [0.25, 0.3) is 0 Å². The number of hydrogen-bond donors (Lipinski definition) is 2. The van der Waals surface area contributed by atoms with Crippen LogP contribution in [-0.4, -0.2) is 44.1 Å². The first-order valence-electron chi connectivity index (χ1n) is 6.00. The van der Waals surface area contributed by atoms with Crippen molar-refractivity contribution in [2.75, 3.05) is 6.26 Å². The van der Waals surface area contributed by atoms with E-state index in [0.29, 0.717) is 30.4 Å². The lowest BCUT2D eigenvalue weighted by Crippen LogP contribution is -2.19. The molecule has 1 aromatic carbocycles. The van der Waals surface area contributed by atoms with Crippen molar-refractivity contribution >= 4 is 20.0 Å². The van der Waals surface area contributed by atoms with Gasteiger partial charge < -0.3 is 5.11 Å². The second-order valence-corrected chi connectivity index (χ2v) is 8.37. The smallest absolute Gasteiger partial charge is 0.261 e. The summed E-state index contributed by atoms with van der Waals surface area (Å²) in [5.41, 5.74) is 0. The minimum atomic E-state index is -3.67. The molecular formula is C12H18O6S2. The molecule has 0 aromatic heterocycles. The van der Waals surface area contributed by atoms with Gasteiger partial charge in [-0.3, -0.25) is 4.55 Å². The fraction of sp³-hybridized carbons (Fsp3) is 0.500. The van der Waals surface area contributed by atoms with Gasteiger partial charge in [0.15, 0.2) is 9.84 Å². The van der Waals surface area contributed by atoms with Crippen molar-refractivity contribution in [3.8, 4) is 0 Å². The Morgan fingerprint density at radius 3 is 1.95 bits per heavy atom. The lowest BCUT2D eigenvalue weighted by atomic mass is 10.3. The molecule has 0 spiro atoms. The Hall–Kier alpha value is -0.960. The van der Waals surface area contributed by atoms with Crippen molar-refractivity contribution in [2.45, 2.75) is 35.5 Å². The van der Waals surface area contributed by atoms with Crippen molar-refractivity contribution < 1.29 is 26.5 Å². The summed E-state index contributed by atoms with van der Waals surface area (Å²) in [7, 11) is -6.90. The van der Waals surface area contributed by atoms with E-state index in [2.05, 4.69) is 0 Å². The van der Waals surface area contributed by atoms with Crippen LogP contribution >= 0.6 is 0 Å². The second kappa shape index (κ2) is 6.66. The monoisotopic (exact) mass is 322 g/mol. The minimum Gasteiger partial charge on any atom is -0.393 e. The molecule has 0 bridgehead atoms. The fourth-order valence-corrected chi connectivity index (χ4v) is 3.85. The van der Waals surface area contributed by atoms with Gasteiger partial charge in [-0.05, 0) is 31.4 Å². The molecule has 0 saturated heterocycles. The Balaban J connectivity index is 0.000000347. The third kappa shape index (κ3) is 5.58. The highest BCUT2D eigenvalue weighted by atomic mass is 32.2. The number of aliphatic hydroxyl groups excluding tert-OH is 1. The zero-order chi connectivity index (χ0) is 15.4. The van der Waals surface area contributed by atoms with Gasteiger partial charge in [-0.2, -0.15) is 8.42 Å². The molecule has 0 aliphatic heterocycles. The number of hydrogen-bond acceptors (Lipinski definition) is 5. The van der Waals surface area contributed by atoms with E-state index in [4.69, 9.17) is 4.55 Å².